The number of fused-ring (bicyclic) bond motifs is 2. The van der Waals surface area contributed by atoms with E-state index in [0.717, 1.165) is 65.0 Å². The molecular weight excluding hydrogens is 735 g/mol. The van der Waals surface area contributed by atoms with Crippen molar-refractivity contribution in [3.05, 3.63) is 79.4 Å². The Labute approximate surface area is 292 Å². The Balaban J connectivity index is 0.000000296. The van der Waals surface area contributed by atoms with Gasteiger partial charge < -0.3 is 25.1 Å². The average molecular weight is 763 g/mol. The average Bonchev–Trinajstić information content (AvgIpc) is 3.51. The summed E-state index contributed by atoms with van der Waals surface area (Å²) in [6, 6.07) is 19.0. The van der Waals surface area contributed by atoms with Crippen LogP contribution in [0.4, 0.5) is 45.2 Å². The zero-order valence-electron chi connectivity index (χ0n) is 27.0. The van der Waals surface area contributed by atoms with Crippen molar-refractivity contribution in [1.29, 1.82) is 0 Å². The molecular formula is C32H27F9N6O6. The maximum Gasteiger partial charge on any atom is 0.490 e. The molecule has 21 heteroatoms. The van der Waals surface area contributed by atoms with Crippen LogP contribution in [0.1, 0.15) is 0 Å². The molecule has 12 nitrogen and oxygen atoms in total. The van der Waals surface area contributed by atoms with Gasteiger partial charge in [-0.05, 0) is 42.4 Å². The highest BCUT2D eigenvalue weighted by molar-refractivity contribution is 5.97. The van der Waals surface area contributed by atoms with E-state index >= 15 is 0 Å². The first kappa shape index (κ1) is 41.4. The number of piperazine rings is 1. The minimum Gasteiger partial charge on any atom is -0.475 e. The van der Waals surface area contributed by atoms with Crippen molar-refractivity contribution in [3.63, 3.8) is 0 Å². The van der Waals surface area contributed by atoms with Gasteiger partial charge in [0.05, 0.1) is 11.7 Å². The van der Waals surface area contributed by atoms with Crippen LogP contribution in [0.2, 0.25) is 0 Å². The number of aromatic nitrogens is 4. The summed E-state index contributed by atoms with van der Waals surface area (Å²) in [5.74, 6) is -8.27. The van der Waals surface area contributed by atoms with Crippen LogP contribution in [0, 0.1) is 0 Å². The predicted molar refractivity (Wildman–Crippen MR) is 170 cm³/mol. The molecule has 284 valence electrons. The van der Waals surface area contributed by atoms with E-state index in [9.17, 15) is 39.5 Å². The molecule has 1 fully saturated rings. The molecule has 1 aliphatic heterocycles. The van der Waals surface area contributed by atoms with E-state index in [1.165, 1.54) is 5.69 Å². The number of carboxylic acids is 3. The van der Waals surface area contributed by atoms with Gasteiger partial charge in [0.2, 0.25) is 0 Å². The third kappa shape index (κ3) is 11.8. The van der Waals surface area contributed by atoms with Gasteiger partial charge in [0, 0.05) is 67.0 Å². The molecule has 0 spiro atoms. The molecule has 0 aliphatic carbocycles. The topological polar surface area (TPSA) is 161 Å². The van der Waals surface area contributed by atoms with E-state index < -0.39 is 36.4 Å². The number of rotatable bonds is 3. The number of nitrogens with zero attached hydrogens (tertiary/aromatic N) is 6. The first-order valence-electron chi connectivity index (χ1n) is 14.7. The van der Waals surface area contributed by atoms with Gasteiger partial charge in [0.25, 0.3) is 0 Å². The monoisotopic (exact) mass is 762 g/mol. The number of anilines is 1. The van der Waals surface area contributed by atoms with Gasteiger partial charge in [-0.15, -0.1) is 0 Å². The van der Waals surface area contributed by atoms with E-state index in [4.69, 9.17) is 34.7 Å². The smallest absolute Gasteiger partial charge is 0.475 e. The predicted octanol–water partition coefficient (Wildman–Crippen LogP) is 6.26. The SMILES string of the molecule is CN1CCN(c2ccc(-c3cnc4c(-c5ccnc6ccccc56)cnn4c3)cc2)CC1.O=C(O)C(F)(F)F.O=C(O)C(F)(F)F.O=C(O)C(F)(F)F. The number of aliphatic carboxylic acids is 3. The molecule has 3 N–H and O–H groups in total. The number of carboxylic acid groups (broad SMARTS) is 3. The highest BCUT2D eigenvalue weighted by atomic mass is 19.4. The molecule has 53 heavy (non-hydrogen) atoms. The summed E-state index contributed by atoms with van der Waals surface area (Å²) >= 11 is 0. The fraction of sp³-hybridized carbons (Fsp3) is 0.250. The Hall–Kier alpha value is -5.99. The summed E-state index contributed by atoms with van der Waals surface area (Å²) in [5.41, 5.74) is 7.41. The molecule has 0 radical (unpaired) electrons. The van der Waals surface area contributed by atoms with Gasteiger partial charge in [-0.3, -0.25) is 4.98 Å². The van der Waals surface area contributed by atoms with Gasteiger partial charge in [-0.2, -0.15) is 44.6 Å². The van der Waals surface area contributed by atoms with Crippen molar-refractivity contribution in [1.82, 2.24) is 24.5 Å². The van der Waals surface area contributed by atoms with E-state index in [-0.39, 0.29) is 0 Å². The second-order valence-electron chi connectivity index (χ2n) is 10.8. The zero-order chi connectivity index (χ0) is 39.7. The Kier molecular flexibility index (Phi) is 13.3. The molecule has 0 bridgehead atoms. The van der Waals surface area contributed by atoms with Crippen molar-refractivity contribution in [2.75, 3.05) is 38.1 Å². The number of carbonyl (C=O) groups is 3. The Bertz CT molecular complexity index is 1960. The number of pyridine rings is 1. The van der Waals surface area contributed by atoms with Crippen molar-refractivity contribution in [2.24, 2.45) is 0 Å². The maximum atomic E-state index is 10.6. The van der Waals surface area contributed by atoms with Gasteiger partial charge in [0.1, 0.15) is 0 Å². The molecule has 0 unspecified atom stereocenters. The van der Waals surface area contributed by atoms with Gasteiger partial charge in [0.15, 0.2) is 5.65 Å². The molecule has 1 saturated heterocycles. The Morgan fingerprint density at radius 2 is 1.15 bits per heavy atom. The summed E-state index contributed by atoms with van der Waals surface area (Å²) < 4.78 is 97.1. The minimum atomic E-state index is -5.08. The van der Waals surface area contributed by atoms with Crippen LogP contribution < -0.4 is 4.90 Å². The zero-order valence-corrected chi connectivity index (χ0v) is 27.0. The van der Waals surface area contributed by atoms with Crippen LogP contribution in [0.25, 0.3) is 38.8 Å². The molecule has 5 aromatic rings. The van der Waals surface area contributed by atoms with Crippen LogP contribution in [0.15, 0.2) is 79.4 Å². The molecule has 3 aromatic heterocycles. The largest absolute Gasteiger partial charge is 0.490 e. The van der Waals surface area contributed by atoms with Crippen LogP contribution >= 0.6 is 0 Å². The standard InChI is InChI=1S/C26H24N6.3C2HF3O2/c1-30-12-14-31(15-13-30)21-8-6-19(7-9-21)20-16-28-26-24(17-29-32(26)18-20)22-10-11-27-25-5-3-2-4-23(22)25;3*3-2(4,5)1(6)7/h2-11,16-18H,12-15H2,1H3;3*(H,6,7). The number of para-hydroxylation sites is 1. The van der Waals surface area contributed by atoms with Crippen molar-refractivity contribution < 1.29 is 69.2 Å². The summed E-state index contributed by atoms with van der Waals surface area (Å²) in [6.07, 6.45) is -7.52. The fourth-order valence-electron chi connectivity index (χ4n) is 4.47. The van der Waals surface area contributed by atoms with Crippen molar-refractivity contribution in [3.8, 4) is 22.3 Å². The second kappa shape index (κ2) is 17.0. The molecule has 0 saturated carbocycles. The number of hydrogen-bond acceptors (Lipinski definition) is 8. The lowest BCUT2D eigenvalue weighted by Crippen LogP contribution is -2.44. The molecule has 6 rings (SSSR count). The highest BCUT2D eigenvalue weighted by Crippen LogP contribution is 2.31. The van der Waals surface area contributed by atoms with Crippen molar-refractivity contribution in [2.45, 2.75) is 18.5 Å². The lowest BCUT2D eigenvalue weighted by atomic mass is 10.0. The van der Waals surface area contributed by atoms with E-state index in [0.29, 0.717) is 0 Å². The normalized spacial score (nSPS) is 13.5. The van der Waals surface area contributed by atoms with E-state index in [1.807, 2.05) is 47.4 Å². The maximum absolute atomic E-state index is 10.6. The van der Waals surface area contributed by atoms with Crippen molar-refractivity contribution >= 4 is 40.1 Å². The van der Waals surface area contributed by atoms with Crippen LogP contribution in [0.5, 0.6) is 0 Å². The number of benzene rings is 2. The lowest BCUT2D eigenvalue weighted by Gasteiger charge is -2.34. The van der Waals surface area contributed by atoms with Gasteiger partial charge in [-0.1, -0.05) is 30.3 Å². The molecule has 4 heterocycles. The first-order chi connectivity index (χ1) is 24.6. The molecule has 2 aromatic carbocycles. The number of alkyl halides is 9. The number of halogens is 9. The first-order valence-corrected chi connectivity index (χ1v) is 14.7. The molecule has 0 atom stereocenters. The molecule has 0 amide bonds. The minimum absolute atomic E-state index is 0.846. The third-order valence-corrected chi connectivity index (χ3v) is 7.09. The Morgan fingerprint density at radius 3 is 1.66 bits per heavy atom. The van der Waals surface area contributed by atoms with Gasteiger partial charge in [-0.25, -0.2) is 23.9 Å². The lowest BCUT2D eigenvalue weighted by molar-refractivity contribution is -0.193. The molecule has 1 aliphatic rings. The summed E-state index contributed by atoms with van der Waals surface area (Å²) in [4.78, 5) is 40.8. The summed E-state index contributed by atoms with van der Waals surface area (Å²) in [6.45, 7) is 4.36. The quantitative estimate of drug-likeness (QED) is 0.178. The number of likely N-dealkylation sites (N-methyl/N-ethyl adjacent to an activating group) is 1. The Morgan fingerprint density at radius 1 is 0.642 bits per heavy atom. The van der Waals surface area contributed by atoms with E-state index in [1.54, 1.807) is 0 Å². The summed E-state index contributed by atoms with van der Waals surface area (Å²) in [5, 5.41) is 27.1. The summed E-state index contributed by atoms with van der Waals surface area (Å²) in [7, 11) is 2.18. The third-order valence-electron chi connectivity index (χ3n) is 7.09. The van der Waals surface area contributed by atoms with Crippen LogP contribution in [-0.2, 0) is 14.4 Å². The van der Waals surface area contributed by atoms with Crippen LogP contribution in [-0.4, -0.2) is 109 Å². The van der Waals surface area contributed by atoms with E-state index in [2.05, 4.69) is 63.5 Å². The van der Waals surface area contributed by atoms with Gasteiger partial charge >= 0.3 is 36.4 Å². The number of hydrogen-bond donors (Lipinski definition) is 3. The van der Waals surface area contributed by atoms with Crippen LogP contribution in [0.3, 0.4) is 0 Å². The second-order valence-corrected chi connectivity index (χ2v) is 10.8. The highest BCUT2D eigenvalue weighted by Gasteiger charge is 2.39. The fourth-order valence-corrected chi connectivity index (χ4v) is 4.47.